The number of hydrogen-bond donors (Lipinski definition) is 3. The van der Waals surface area contributed by atoms with E-state index in [4.69, 9.17) is 40.6 Å². The number of hydrogen-bond acceptors (Lipinski definition) is 9. The molecule has 47 heavy (non-hydrogen) atoms. The lowest BCUT2D eigenvalue weighted by Crippen LogP contribution is -2.06. The van der Waals surface area contributed by atoms with E-state index in [2.05, 4.69) is 9.97 Å². The molecule has 2 aliphatic rings. The summed E-state index contributed by atoms with van der Waals surface area (Å²) in [5.41, 5.74) is 4.22. The molecule has 3 aromatic heterocycles. The van der Waals surface area contributed by atoms with E-state index in [1.54, 1.807) is 0 Å². The van der Waals surface area contributed by atoms with Crippen molar-refractivity contribution >= 4 is 75.3 Å². The SMILES string of the molecule is O=S(=O)(O)c1ccc2c3nc4nc(nc5[nH]c(nc6nc(nc([nH]3)c2c1[S+]([O-])Cl)-c1ccccc1-6)c1ccccc51)-c1ccccc1-4. The average molecular weight is 677 g/mol. The number of nitrogens with zero attached hydrogens (tertiary/aromatic N) is 6. The molecule has 15 heteroatoms. The van der Waals surface area contributed by atoms with Crippen LogP contribution < -0.4 is 0 Å². The molecule has 7 aromatic rings. The van der Waals surface area contributed by atoms with Gasteiger partial charge in [-0.15, -0.1) is 0 Å². The van der Waals surface area contributed by atoms with E-state index >= 15 is 0 Å². The van der Waals surface area contributed by atoms with E-state index in [0.717, 1.165) is 22.4 Å². The lowest BCUT2D eigenvalue weighted by atomic mass is 10.1. The van der Waals surface area contributed by atoms with Gasteiger partial charge in [-0.05, 0) is 12.1 Å². The van der Waals surface area contributed by atoms with Crippen LogP contribution in [0.1, 0.15) is 0 Å². The molecule has 0 saturated carbocycles. The summed E-state index contributed by atoms with van der Waals surface area (Å²) in [6, 6.07) is 25.2. The summed E-state index contributed by atoms with van der Waals surface area (Å²) in [6.07, 6.45) is 0. The van der Waals surface area contributed by atoms with E-state index < -0.39 is 25.4 Å². The summed E-state index contributed by atoms with van der Waals surface area (Å²) in [7, 11) is -1.12. The summed E-state index contributed by atoms with van der Waals surface area (Å²) in [5, 5.41) is 2.10. The molecule has 228 valence electrons. The van der Waals surface area contributed by atoms with Gasteiger partial charge in [-0.25, -0.2) is 29.9 Å². The number of aromatic nitrogens is 8. The van der Waals surface area contributed by atoms with Crippen molar-refractivity contribution in [2.75, 3.05) is 0 Å². The van der Waals surface area contributed by atoms with Gasteiger partial charge >= 0.3 is 0 Å². The Hall–Kier alpha value is -5.25. The maximum Gasteiger partial charge on any atom is 0.299 e. The molecule has 1 unspecified atom stereocenters. The molecule has 12 nitrogen and oxygen atoms in total. The van der Waals surface area contributed by atoms with Gasteiger partial charge in [-0.3, -0.25) is 4.55 Å². The highest BCUT2D eigenvalue weighted by atomic mass is 35.7. The summed E-state index contributed by atoms with van der Waals surface area (Å²) in [5.74, 6) is 1.38. The van der Waals surface area contributed by atoms with Gasteiger partial charge in [0.2, 0.25) is 4.90 Å². The van der Waals surface area contributed by atoms with Gasteiger partial charge in [0.05, 0.1) is 5.39 Å². The molecule has 2 aliphatic heterocycles. The first kappa shape index (κ1) is 28.0. The van der Waals surface area contributed by atoms with Crippen molar-refractivity contribution in [3.63, 3.8) is 0 Å². The Labute approximate surface area is 272 Å². The molecule has 9 rings (SSSR count). The smallest absolute Gasteiger partial charge is 0.299 e. The molecular weight excluding hydrogens is 660 g/mol. The monoisotopic (exact) mass is 676 g/mol. The molecule has 0 radical (unpaired) electrons. The third-order valence-electron chi connectivity index (χ3n) is 8.07. The van der Waals surface area contributed by atoms with Crippen molar-refractivity contribution in [3.05, 3.63) is 84.9 Å². The normalized spacial score (nSPS) is 13.1. The molecule has 5 heterocycles. The van der Waals surface area contributed by atoms with Crippen LogP contribution in [0, 0.1) is 0 Å². The minimum atomic E-state index is -4.83. The number of benzene rings is 4. The fraction of sp³-hybridized carbons (Fsp3) is 0. The van der Waals surface area contributed by atoms with E-state index in [1.807, 2.05) is 72.8 Å². The van der Waals surface area contributed by atoms with Crippen LogP contribution in [-0.4, -0.2) is 57.4 Å². The third kappa shape index (κ3) is 4.34. The first-order valence-electron chi connectivity index (χ1n) is 14.1. The van der Waals surface area contributed by atoms with Gasteiger partial charge in [-0.2, -0.15) is 8.42 Å². The molecule has 0 spiro atoms. The third-order valence-corrected chi connectivity index (χ3v) is 10.3. The fourth-order valence-electron chi connectivity index (χ4n) is 6.04. The van der Waals surface area contributed by atoms with Gasteiger partial charge in [0.15, 0.2) is 38.9 Å². The highest BCUT2D eigenvalue weighted by Gasteiger charge is 2.31. The predicted molar refractivity (Wildman–Crippen MR) is 178 cm³/mol. The van der Waals surface area contributed by atoms with Crippen molar-refractivity contribution in [1.82, 2.24) is 39.9 Å². The second-order valence-corrected chi connectivity index (χ2v) is 13.8. The van der Waals surface area contributed by atoms with E-state index in [0.29, 0.717) is 50.8 Å². The minimum Gasteiger partial charge on any atom is -0.594 e. The zero-order valence-corrected chi connectivity index (χ0v) is 26.0. The molecule has 0 fully saturated rings. The van der Waals surface area contributed by atoms with Crippen LogP contribution in [0.25, 0.3) is 89.7 Å². The van der Waals surface area contributed by atoms with Gasteiger partial charge in [-0.1, -0.05) is 72.8 Å². The van der Waals surface area contributed by atoms with Crippen LogP contribution in [0.2, 0.25) is 0 Å². The van der Waals surface area contributed by atoms with Gasteiger partial charge in [0.1, 0.15) is 33.0 Å². The zero-order chi connectivity index (χ0) is 32.0. The van der Waals surface area contributed by atoms with Crippen molar-refractivity contribution in [2.45, 2.75) is 9.79 Å². The van der Waals surface area contributed by atoms with Crippen molar-refractivity contribution < 1.29 is 17.5 Å². The standard InChI is InChI=1S/C32H17ClN8O4S2/c33-46(42)24-22(47(43,44)45)14-13-21-23(24)32-40-30-20-12-6-5-11-19(20)28(38-30)36-26-16-8-2-1-7-15(16)25(34-26)35-27-17-9-3-4-10-18(17)29(37-27)39-31(21)41-32/h1-14H,(H,43,44,45)(H2,34,35,36,37,38,39,40,41). The summed E-state index contributed by atoms with van der Waals surface area (Å²) >= 11 is 0. The predicted octanol–water partition coefficient (Wildman–Crippen LogP) is 6.38. The second-order valence-electron chi connectivity index (χ2n) is 10.8. The van der Waals surface area contributed by atoms with E-state index in [1.165, 1.54) is 6.07 Å². The first-order chi connectivity index (χ1) is 22.7. The lowest BCUT2D eigenvalue weighted by molar-refractivity contribution is 0.480. The number of rotatable bonds is 2. The van der Waals surface area contributed by atoms with Gasteiger partial charge < -0.3 is 14.5 Å². The molecule has 0 amide bonds. The Kier molecular flexibility index (Phi) is 6.03. The van der Waals surface area contributed by atoms with Gasteiger partial charge in [0, 0.05) is 38.4 Å². The Morgan fingerprint density at radius 3 is 1.43 bits per heavy atom. The maximum atomic E-state index is 12.9. The van der Waals surface area contributed by atoms with Crippen LogP contribution in [0.4, 0.5) is 0 Å². The zero-order valence-electron chi connectivity index (χ0n) is 23.6. The van der Waals surface area contributed by atoms with Crippen molar-refractivity contribution in [2.24, 2.45) is 0 Å². The molecule has 0 aliphatic carbocycles. The van der Waals surface area contributed by atoms with Crippen LogP contribution in [0.3, 0.4) is 0 Å². The number of fused-ring (bicyclic) bond motifs is 20. The average Bonchev–Trinajstić information content (AvgIpc) is 3.79. The Morgan fingerprint density at radius 1 is 0.574 bits per heavy atom. The van der Waals surface area contributed by atoms with Crippen molar-refractivity contribution in [1.29, 1.82) is 0 Å². The topological polar surface area (TPSA) is 186 Å². The summed E-state index contributed by atoms with van der Waals surface area (Å²) < 4.78 is 47.8. The minimum absolute atomic E-state index is 0.0727. The number of H-pyrrole nitrogens is 2. The number of aromatic amines is 2. The number of nitrogens with one attached hydrogen (secondary N) is 2. The fourth-order valence-corrected chi connectivity index (χ4v) is 8.37. The highest BCUT2D eigenvalue weighted by molar-refractivity contribution is 8.14. The molecule has 4 aromatic carbocycles. The Balaban J connectivity index is 1.53. The van der Waals surface area contributed by atoms with Crippen LogP contribution in [-0.2, 0) is 20.5 Å². The Morgan fingerprint density at radius 2 is 0.979 bits per heavy atom. The molecule has 1 atom stereocenters. The van der Waals surface area contributed by atoms with Crippen LogP contribution in [0.5, 0.6) is 0 Å². The maximum absolute atomic E-state index is 12.9. The van der Waals surface area contributed by atoms with Crippen LogP contribution >= 0.6 is 10.7 Å². The van der Waals surface area contributed by atoms with Crippen LogP contribution in [0.15, 0.2) is 94.7 Å². The quantitative estimate of drug-likeness (QED) is 0.137. The van der Waals surface area contributed by atoms with Crippen molar-refractivity contribution in [3.8, 4) is 45.6 Å². The van der Waals surface area contributed by atoms with E-state index in [-0.39, 0.29) is 27.4 Å². The largest absolute Gasteiger partial charge is 0.594 e. The first-order valence-corrected chi connectivity index (χ1v) is 17.5. The summed E-state index contributed by atoms with van der Waals surface area (Å²) in [6.45, 7) is 0. The van der Waals surface area contributed by atoms with Gasteiger partial charge in [0.25, 0.3) is 10.1 Å². The second kappa shape index (κ2) is 10.1. The summed E-state index contributed by atoms with van der Waals surface area (Å²) in [4.78, 5) is 34.7. The molecule has 3 N–H and O–H groups in total. The lowest BCUT2D eigenvalue weighted by Gasteiger charge is -2.06. The molecule has 0 saturated heterocycles. The molecule has 8 bridgehead atoms. The molecular formula is C32H17ClN8O4S2. The Bertz CT molecular complexity index is 2780. The van der Waals surface area contributed by atoms with E-state index in [9.17, 15) is 17.5 Å². The highest BCUT2D eigenvalue weighted by Crippen LogP contribution is 2.39. The number of halogens is 1.